The van der Waals surface area contributed by atoms with E-state index in [1.807, 2.05) is 6.20 Å². The second-order valence-electron chi connectivity index (χ2n) is 6.06. The summed E-state index contributed by atoms with van der Waals surface area (Å²) in [7, 11) is 0. The predicted molar refractivity (Wildman–Crippen MR) is 72.4 cm³/mol. The number of nitrogens with zero attached hydrogens (tertiary/aromatic N) is 3. The van der Waals surface area contributed by atoms with Crippen molar-refractivity contribution >= 4 is 0 Å². The number of hydrogen-bond acceptors (Lipinski definition) is 3. The lowest BCUT2D eigenvalue weighted by Gasteiger charge is -2.34. The zero-order valence-electron chi connectivity index (χ0n) is 11.5. The molecule has 0 amide bonds. The molecule has 1 aromatic heterocycles. The maximum Gasteiger partial charge on any atom is 0.0534 e. The van der Waals surface area contributed by atoms with Gasteiger partial charge in [-0.2, -0.15) is 5.10 Å². The molecule has 0 spiro atoms. The van der Waals surface area contributed by atoms with Crippen molar-refractivity contribution in [2.45, 2.75) is 45.3 Å². The van der Waals surface area contributed by atoms with Crippen LogP contribution in [0.25, 0.3) is 0 Å². The molecule has 0 bridgehead atoms. The second kappa shape index (κ2) is 5.02. The van der Waals surface area contributed by atoms with E-state index in [0.29, 0.717) is 6.04 Å². The topological polar surface area (TPSA) is 33.1 Å². The summed E-state index contributed by atoms with van der Waals surface area (Å²) < 4.78 is 2.05. The molecule has 100 valence electrons. The number of nitrogens with one attached hydrogen (secondary N) is 1. The van der Waals surface area contributed by atoms with E-state index in [4.69, 9.17) is 0 Å². The summed E-state index contributed by atoms with van der Waals surface area (Å²) in [6, 6.07) is 1.25. The van der Waals surface area contributed by atoms with Gasteiger partial charge in [-0.3, -0.25) is 9.58 Å². The van der Waals surface area contributed by atoms with Gasteiger partial charge >= 0.3 is 0 Å². The maximum atomic E-state index is 4.43. The fourth-order valence-electron chi connectivity index (χ4n) is 3.27. The third-order valence-corrected chi connectivity index (χ3v) is 4.33. The van der Waals surface area contributed by atoms with Gasteiger partial charge in [0.15, 0.2) is 0 Å². The molecule has 2 unspecified atom stereocenters. The number of rotatable bonds is 3. The molecule has 4 heteroatoms. The Balaban J connectivity index is 1.59. The van der Waals surface area contributed by atoms with E-state index in [0.717, 1.165) is 18.5 Å². The predicted octanol–water partition coefficient (Wildman–Crippen LogP) is 1.65. The molecule has 2 fully saturated rings. The van der Waals surface area contributed by atoms with Crippen LogP contribution in [0.15, 0.2) is 12.4 Å². The van der Waals surface area contributed by atoms with Crippen molar-refractivity contribution in [2.75, 3.05) is 19.6 Å². The Labute approximate surface area is 109 Å². The largest absolute Gasteiger partial charge is 0.314 e. The Morgan fingerprint density at radius 3 is 3.11 bits per heavy atom. The highest BCUT2D eigenvalue weighted by Gasteiger charge is 2.32. The van der Waals surface area contributed by atoms with Gasteiger partial charge in [0.25, 0.3) is 0 Å². The molecule has 0 aliphatic carbocycles. The van der Waals surface area contributed by atoms with Gasteiger partial charge in [0.05, 0.1) is 6.20 Å². The molecule has 4 nitrogen and oxygen atoms in total. The first-order valence-electron chi connectivity index (χ1n) is 7.21. The monoisotopic (exact) mass is 248 g/mol. The van der Waals surface area contributed by atoms with Crippen LogP contribution in [0, 0.1) is 5.92 Å². The van der Waals surface area contributed by atoms with Crippen LogP contribution >= 0.6 is 0 Å². The minimum atomic E-state index is 0.462. The first-order valence-corrected chi connectivity index (χ1v) is 7.21. The summed E-state index contributed by atoms with van der Waals surface area (Å²) in [6.45, 7) is 9.11. The highest BCUT2D eigenvalue weighted by molar-refractivity contribution is 5.05. The van der Waals surface area contributed by atoms with Crippen LogP contribution in [-0.2, 0) is 6.54 Å². The van der Waals surface area contributed by atoms with Crippen molar-refractivity contribution in [2.24, 2.45) is 5.92 Å². The molecule has 2 saturated heterocycles. The van der Waals surface area contributed by atoms with Crippen molar-refractivity contribution in [3.8, 4) is 0 Å². The van der Waals surface area contributed by atoms with Crippen molar-refractivity contribution in [1.29, 1.82) is 0 Å². The van der Waals surface area contributed by atoms with Crippen LogP contribution in [0.3, 0.4) is 0 Å². The summed E-state index contributed by atoms with van der Waals surface area (Å²) in [6.07, 6.45) is 6.89. The van der Waals surface area contributed by atoms with E-state index in [1.165, 1.54) is 38.0 Å². The first kappa shape index (κ1) is 12.2. The molecule has 0 aromatic carbocycles. The molecule has 2 aliphatic heterocycles. The normalized spacial score (nSPS) is 28.8. The molecule has 0 radical (unpaired) electrons. The van der Waals surface area contributed by atoms with Gasteiger partial charge in [-0.05, 0) is 45.7 Å². The average molecular weight is 248 g/mol. The van der Waals surface area contributed by atoms with Gasteiger partial charge in [0, 0.05) is 36.9 Å². The first-order chi connectivity index (χ1) is 8.72. The molecule has 2 aliphatic rings. The molecular weight excluding hydrogens is 224 g/mol. The lowest BCUT2D eigenvalue weighted by molar-refractivity contribution is 0.156. The SMILES string of the molecule is CC(C)n1cc(CN2CCC3NCCC3C2)cn1. The van der Waals surface area contributed by atoms with Crippen LogP contribution < -0.4 is 5.32 Å². The zero-order chi connectivity index (χ0) is 12.5. The summed E-state index contributed by atoms with van der Waals surface area (Å²) >= 11 is 0. The molecular formula is C14H24N4. The minimum absolute atomic E-state index is 0.462. The van der Waals surface area contributed by atoms with E-state index in [-0.39, 0.29) is 0 Å². The number of hydrogen-bond donors (Lipinski definition) is 1. The Morgan fingerprint density at radius 1 is 1.44 bits per heavy atom. The Kier molecular flexibility index (Phi) is 3.39. The van der Waals surface area contributed by atoms with Gasteiger partial charge in [-0.1, -0.05) is 0 Å². The van der Waals surface area contributed by atoms with Gasteiger partial charge < -0.3 is 5.32 Å². The molecule has 1 N–H and O–H groups in total. The molecule has 2 atom stereocenters. The molecule has 18 heavy (non-hydrogen) atoms. The Hall–Kier alpha value is -0.870. The van der Waals surface area contributed by atoms with Crippen LogP contribution in [0.4, 0.5) is 0 Å². The lowest BCUT2D eigenvalue weighted by atomic mass is 9.93. The van der Waals surface area contributed by atoms with E-state index < -0.39 is 0 Å². The second-order valence-corrected chi connectivity index (χ2v) is 6.06. The third-order valence-electron chi connectivity index (χ3n) is 4.33. The molecule has 3 heterocycles. The lowest BCUT2D eigenvalue weighted by Crippen LogP contribution is -2.43. The number of aromatic nitrogens is 2. The summed E-state index contributed by atoms with van der Waals surface area (Å²) in [5.74, 6) is 0.874. The van der Waals surface area contributed by atoms with E-state index in [2.05, 4.69) is 40.0 Å². The fourth-order valence-corrected chi connectivity index (χ4v) is 3.27. The van der Waals surface area contributed by atoms with Crippen molar-refractivity contribution < 1.29 is 0 Å². The Morgan fingerprint density at radius 2 is 2.33 bits per heavy atom. The Bertz CT molecular complexity index is 398. The van der Waals surface area contributed by atoms with Crippen LogP contribution in [0.1, 0.15) is 38.3 Å². The van der Waals surface area contributed by atoms with Crippen LogP contribution in [-0.4, -0.2) is 40.4 Å². The average Bonchev–Trinajstić information content (AvgIpc) is 2.96. The third kappa shape index (κ3) is 2.45. The van der Waals surface area contributed by atoms with Gasteiger partial charge in [0.2, 0.25) is 0 Å². The summed E-state index contributed by atoms with van der Waals surface area (Å²) in [5.41, 5.74) is 1.35. The highest BCUT2D eigenvalue weighted by atomic mass is 15.3. The number of piperidine rings is 1. The van der Waals surface area contributed by atoms with Crippen molar-refractivity contribution in [3.63, 3.8) is 0 Å². The zero-order valence-corrected chi connectivity index (χ0v) is 11.5. The van der Waals surface area contributed by atoms with E-state index in [9.17, 15) is 0 Å². The maximum absolute atomic E-state index is 4.43. The van der Waals surface area contributed by atoms with Gasteiger partial charge in [-0.25, -0.2) is 0 Å². The van der Waals surface area contributed by atoms with E-state index in [1.54, 1.807) is 0 Å². The number of fused-ring (bicyclic) bond motifs is 1. The van der Waals surface area contributed by atoms with Crippen molar-refractivity contribution in [1.82, 2.24) is 20.0 Å². The van der Waals surface area contributed by atoms with Crippen LogP contribution in [0.5, 0.6) is 0 Å². The minimum Gasteiger partial charge on any atom is -0.314 e. The van der Waals surface area contributed by atoms with E-state index >= 15 is 0 Å². The molecule has 0 saturated carbocycles. The summed E-state index contributed by atoms with van der Waals surface area (Å²) in [4.78, 5) is 2.59. The van der Waals surface area contributed by atoms with Crippen LogP contribution in [0.2, 0.25) is 0 Å². The molecule has 3 rings (SSSR count). The fraction of sp³-hybridized carbons (Fsp3) is 0.786. The summed E-state index contributed by atoms with van der Waals surface area (Å²) in [5, 5.41) is 8.04. The highest BCUT2D eigenvalue weighted by Crippen LogP contribution is 2.25. The van der Waals surface area contributed by atoms with Crippen molar-refractivity contribution in [3.05, 3.63) is 18.0 Å². The number of likely N-dealkylation sites (tertiary alicyclic amines) is 1. The van der Waals surface area contributed by atoms with Gasteiger partial charge in [0.1, 0.15) is 0 Å². The van der Waals surface area contributed by atoms with Gasteiger partial charge in [-0.15, -0.1) is 0 Å². The quantitative estimate of drug-likeness (QED) is 0.883. The molecule has 1 aromatic rings. The smallest absolute Gasteiger partial charge is 0.0534 e. The standard InChI is InChI=1S/C14H24N4/c1-11(2)18-9-12(7-16-18)8-17-6-4-14-13(10-17)3-5-15-14/h7,9,11,13-15H,3-6,8,10H2,1-2H3.